The molecule has 1 aliphatic heterocycles. The summed E-state index contributed by atoms with van der Waals surface area (Å²) in [6, 6.07) is 44.9. The lowest BCUT2D eigenvalue weighted by Crippen LogP contribution is -2.62. The Bertz CT molecular complexity index is 1670. The van der Waals surface area contributed by atoms with Crippen molar-refractivity contribution in [1.29, 1.82) is 0 Å². The van der Waals surface area contributed by atoms with Crippen LogP contribution in [0.3, 0.4) is 0 Å². The van der Waals surface area contributed by atoms with Gasteiger partial charge in [0.1, 0.15) is 35.9 Å². The number of aliphatic hydroxyl groups excluding tert-OH is 1. The highest BCUT2D eigenvalue weighted by molar-refractivity contribution is 5.90. The molecule has 1 saturated heterocycles. The summed E-state index contributed by atoms with van der Waals surface area (Å²) in [6.45, 7) is 0.513. The maximum Gasteiger partial charge on any atom is 0.343 e. The average molecular weight is 647 g/mol. The molecule has 5 aromatic rings. The molecule has 0 aliphatic carbocycles. The average Bonchev–Trinajstić information content (AvgIpc) is 3.15. The van der Waals surface area contributed by atoms with E-state index in [1.54, 1.807) is 48.5 Å². The molecule has 0 amide bonds. The van der Waals surface area contributed by atoms with Gasteiger partial charge in [0.15, 0.2) is 0 Å². The summed E-state index contributed by atoms with van der Waals surface area (Å²) in [7, 11) is 0. The normalized spacial score (nSPS) is 20.6. The summed E-state index contributed by atoms with van der Waals surface area (Å²) in [5.74, 6) is 0.360. The third-order valence-electron chi connectivity index (χ3n) is 7.92. The lowest BCUT2D eigenvalue weighted by molar-refractivity contribution is -0.308. The molecule has 0 aromatic heterocycles. The van der Waals surface area contributed by atoms with Gasteiger partial charge in [-0.3, -0.25) is 0 Å². The van der Waals surface area contributed by atoms with E-state index in [9.17, 15) is 9.90 Å². The summed E-state index contributed by atoms with van der Waals surface area (Å²) in [5.41, 5.74) is 3.37. The molecule has 0 bridgehead atoms. The number of esters is 1. The molecule has 0 saturated carbocycles. The number of hydrogen-bond donors (Lipinski definition) is 1. The van der Waals surface area contributed by atoms with E-state index >= 15 is 0 Å². The standard InChI is InChI=1S/C40H38O8/c41-25-35-36(43-26-29-13-5-1-6-14-29)37(44-27-30-15-7-2-8-16-30)38(45-28-31-17-9-3-10-18-31)40(48-35)47-34-23-21-33(22-24-34)46-39(42)32-19-11-4-12-20-32/h1-24,35-38,40-41H,25-28H2/t35-,36-,37+,38-,40?/m1/s1. The molecule has 1 fully saturated rings. The smallest absolute Gasteiger partial charge is 0.343 e. The van der Waals surface area contributed by atoms with Gasteiger partial charge in [-0.05, 0) is 53.1 Å². The molecular formula is C40H38O8. The highest BCUT2D eigenvalue weighted by Gasteiger charge is 2.49. The van der Waals surface area contributed by atoms with Crippen molar-refractivity contribution in [3.63, 3.8) is 0 Å². The largest absolute Gasteiger partial charge is 0.462 e. The first-order valence-electron chi connectivity index (χ1n) is 15.9. The zero-order chi connectivity index (χ0) is 33.0. The van der Waals surface area contributed by atoms with Crippen LogP contribution >= 0.6 is 0 Å². The van der Waals surface area contributed by atoms with Gasteiger partial charge in [-0.25, -0.2) is 4.79 Å². The van der Waals surface area contributed by atoms with Gasteiger partial charge in [0.05, 0.1) is 32.0 Å². The summed E-state index contributed by atoms with van der Waals surface area (Å²) in [6.07, 6.45) is -3.87. The van der Waals surface area contributed by atoms with Crippen LogP contribution in [0.15, 0.2) is 146 Å². The maximum atomic E-state index is 12.6. The molecule has 8 nitrogen and oxygen atoms in total. The first-order valence-corrected chi connectivity index (χ1v) is 15.9. The Morgan fingerprint density at radius 1 is 0.542 bits per heavy atom. The molecular weight excluding hydrogens is 608 g/mol. The molecule has 48 heavy (non-hydrogen) atoms. The van der Waals surface area contributed by atoms with Crippen LogP contribution in [0, 0.1) is 0 Å². The Kier molecular flexibility index (Phi) is 11.6. The second kappa shape index (κ2) is 16.8. The van der Waals surface area contributed by atoms with E-state index in [-0.39, 0.29) is 26.4 Å². The van der Waals surface area contributed by atoms with Crippen LogP contribution in [-0.4, -0.2) is 48.4 Å². The van der Waals surface area contributed by atoms with Gasteiger partial charge >= 0.3 is 5.97 Å². The molecule has 1 aliphatic rings. The molecule has 8 heteroatoms. The number of aliphatic hydroxyl groups is 1. The van der Waals surface area contributed by atoms with E-state index in [0.29, 0.717) is 17.1 Å². The molecule has 5 aromatic carbocycles. The molecule has 5 atom stereocenters. The first-order chi connectivity index (χ1) is 23.7. The Balaban J connectivity index is 1.25. The van der Waals surface area contributed by atoms with Gasteiger partial charge in [-0.2, -0.15) is 0 Å². The van der Waals surface area contributed by atoms with Gasteiger partial charge in [-0.1, -0.05) is 109 Å². The Labute approximate surface area is 280 Å². The molecule has 1 unspecified atom stereocenters. The predicted molar refractivity (Wildman–Crippen MR) is 179 cm³/mol. The van der Waals surface area contributed by atoms with Gasteiger partial charge in [0, 0.05) is 0 Å². The van der Waals surface area contributed by atoms with Crippen molar-refractivity contribution in [1.82, 2.24) is 0 Å². The van der Waals surface area contributed by atoms with Gasteiger partial charge < -0.3 is 33.5 Å². The van der Waals surface area contributed by atoms with Crippen molar-refractivity contribution in [3.8, 4) is 11.5 Å². The van der Waals surface area contributed by atoms with Crippen molar-refractivity contribution >= 4 is 5.97 Å². The Morgan fingerprint density at radius 2 is 0.979 bits per heavy atom. The minimum atomic E-state index is -0.971. The third kappa shape index (κ3) is 8.95. The number of benzene rings is 5. The van der Waals surface area contributed by atoms with Crippen molar-refractivity contribution in [2.24, 2.45) is 0 Å². The minimum Gasteiger partial charge on any atom is -0.462 e. The second-order valence-electron chi connectivity index (χ2n) is 11.4. The summed E-state index contributed by atoms with van der Waals surface area (Å²) in [5, 5.41) is 10.5. The lowest BCUT2D eigenvalue weighted by atomic mass is 9.97. The fourth-order valence-electron chi connectivity index (χ4n) is 5.45. The number of carbonyl (C=O) groups is 1. The molecule has 1 heterocycles. The van der Waals surface area contributed by atoms with Crippen molar-refractivity contribution < 1.29 is 38.3 Å². The van der Waals surface area contributed by atoms with Crippen molar-refractivity contribution in [2.75, 3.05) is 6.61 Å². The molecule has 0 radical (unpaired) electrons. The highest BCUT2D eigenvalue weighted by Crippen LogP contribution is 2.32. The number of rotatable bonds is 14. The minimum absolute atomic E-state index is 0.267. The van der Waals surface area contributed by atoms with E-state index in [0.717, 1.165) is 16.7 Å². The first kappa shape index (κ1) is 33.1. The summed E-state index contributed by atoms with van der Waals surface area (Å²) in [4.78, 5) is 12.6. The van der Waals surface area contributed by atoms with Crippen LogP contribution in [0.5, 0.6) is 11.5 Å². The van der Waals surface area contributed by atoms with Crippen molar-refractivity contribution in [2.45, 2.75) is 50.5 Å². The number of carbonyl (C=O) groups excluding carboxylic acids is 1. The predicted octanol–water partition coefficient (Wildman–Crippen LogP) is 6.76. The van der Waals surface area contributed by atoms with Crippen LogP contribution in [0.4, 0.5) is 0 Å². The highest BCUT2D eigenvalue weighted by atomic mass is 16.7. The SMILES string of the molecule is O=C(Oc1ccc(OC2O[C@H](CO)[C@@H](OCc3ccccc3)[C@H](OCc3ccccc3)[C@H]2OCc2ccccc2)cc1)c1ccccc1. The monoisotopic (exact) mass is 646 g/mol. The molecule has 6 rings (SSSR count). The lowest BCUT2D eigenvalue weighted by Gasteiger charge is -2.45. The van der Waals surface area contributed by atoms with Crippen LogP contribution in [0.1, 0.15) is 27.0 Å². The van der Waals surface area contributed by atoms with E-state index in [1.165, 1.54) is 0 Å². The number of ether oxygens (including phenoxy) is 6. The topological polar surface area (TPSA) is 92.7 Å². The Morgan fingerprint density at radius 3 is 1.48 bits per heavy atom. The zero-order valence-electron chi connectivity index (χ0n) is 26.4. The van der Waals surface area contributed by atoms with E-state index < -0.39 is 36.7 Å². The molecule has 1 N–H and O–H groups in total. The van der Waals surface area contributed by atoms with E-state index in [2.05, 4.69) is 0 Å². The summed E-state index contributed by atoms with van der Waals surface area (Å²) >= 11 is 0. The molecule has 0 spiro atoms. The van der Waals surface area contributed by atoms with Crippen molar-refractivity contribution in [3.05, 3.63) is 168 Å². The van der Waals surface area contributed by atoms with Crippen LogP contribution < -0.4 is 9.47 Å². The third-order valence-corrected chi connectivity index (χ3v) is 7.92. The summed E-state index contributed by atoms with van der Waals surface area (Å²) < 4.78 is 37.9. The van der Waals surface area contributed by atoms with Crippen LogP contribution in [0.25, 0.3) is 0 Å². The Hall–Kier alpha value is -4.83. The van der Waals surface area contributed by atoms with Crippen LogP contribution in [-0.2, 0) is 38.8 Å². The van der Waals surface area contributed by atoms with E-state index in [1.807, 2.05) is 97.1 Å². The maximum absolute atomic E-state index is 12.6. The van der Waals surface area contributed by atoms with Gasteiger partial charge in [0.2, 0.25) is 6.29 Å². The zero-order valence-corrected chi connectivity index (χ0v) is 26.4. The van der Waals surface area contributed by atoms with E-state index in [4.69, 9.17) is 28.4 Å². The van der Waals surface area contributed by atoms with Gasteiger partial charge in [-0.15, -0.1) is 0 Å². The fraction of sp³-hybridized carbons (Fsp3) is 0.225. The van der Waals surface area contributed by atoms with Gasteiger partial charge in [0.25, 0.3) is 0 Å². The fourth-order valence-corrected chi connectivity index (χ4v) is 5.45. The second-order valence-corrected chi connectivity index (χ2v) is 11.4. The van der Waals surface area contributed by atoms with Crippen LogP contribution in [0.2, 0.25) is 0 Å². The number of hydrogen-bond acceptors (Lipinski definition) is 8. The quantitative estimate of drug-likeness (QED) is 0.105. The molecule has 246 valence electrons.